The first-order valence-electron chi connectivity index (χ1n) is 8.24. The van der Waals surface area contributed by atoms with Crippen LogP contribution in [0.2, 0.25) is 5.02 Å². The second kappa shape index (κ2) is 6.32. The number of benzene rings is 1. The van der Waals surface area contributed by atoms with Crippen LogP contribution in [0, 0.1) is 12.3 Å². The van der Waals surface area contributed by atoms with Gasteiger partial charge in [0.15, 0.2) is 11.5 Å². The van der Waals surface area contributed by atoms with E-state index in [1.165, 1.54) is 11.2 Å². The van der Waals surface area contributed by atoms with Crippen molar-refractivity contribution in [1.82, 2.24) is 0 Å². The fourth-order valence-corrected chi connectivity index (χ4v) is 3.13. The van der Waals surface area contributed by atoms with Gasteiger partial charge in [0.2, 0.25) is 0 Å². The smallest absolute Gasteiger partial charge is 0.294 e. The number of furan rings is 1. The number of aliphatic hydroxyl groups excluding tert-OH is 1. The largest absolute Gasteiger partial charge is 0.503 e. The molecule has 1 N–H and O–H groups in total. The van der Waals surface area contributed by atoms with Gasteiger partial charge in [-0.15, -0.1) is 0 Å². The molecule has 1 atom stereocenters. The summed E-state index contributed by atoms with van der Waals surface area (Å²) in [7, 11) is 0. The van der Waals surface area contributed by atoms with Gasteiger partial charge < -0.3 is 9.52 Å². The average molecular weight is 374 g/mol. The highest BCUT2D eigenvalue weighted by molar-refractivity contribution is 6.31. The number of anilines is 1. The highest BCUT2D eigenvalue weighted by atomic mass is 35.5. The molecule has 0 spiro atoms. The number of halogens is 1. The summed E-state index contributed by atoms with van der Waals surface area (Å²) in [6.07, 6.45) is 1.47. The maximum absolute atomic E-state index is 13.0. The van der Waals surface area contributed by atoms with Crippen molar-refractivity contribution in [1.29, 1.82) is 0 Å². The molecule has 0 radical (unpaired) electrons. The van der Waals surface area contributed by atoms with Crippen molar-refractivity contribution >= 4 is 29.0 Å². The third kappa shape index (κ3) is 2.92. The zero-order valence-electron chi connectivity index (χ0n) is 15.0. The van der Waals surface area contributed by atoms with Crippen LogP contribution in [0.3, 0.4) is 0 Å². The monoisotopic (exact) mass is 373 g/mol. The normalized spacial score (nSPS) is 18.0. The highest BCUT2D eigenvalue weighted by Crippen LogP contribution is 2.44. The molecular formula is C20H20ClNO4. The molecule has 2 aromatic rings. The molecule has 0 saturated heterocycles. The van der Waals surface area contributed by atoms with Gasteiger partial charge in [-0.25, -0.2) is 0 Å². The molecule has 2 heterocycles. The van der Waals surface area contributed by atoms with Gasteiger partial charge in [-0.3, -0.25) is 14.5 Å². The molecule has 1 aliphatic rings. The standard InChI is InChI=1S/C20H20ClNO4/c1-11-7-8-12(10-13(11)21)22-16(14-6-5-9-26-14)15(17(23)19(22)25)18(24)20(2,3)4/h5-10,16,23H,1-4H3. The van der Waals surface area contributed by atoms with Crippen LogP contribution in [-0.4, -0.2) is 16.8 Å². The fourth-order valence-electron chi connectivity index (χ4n) is 2.96. The van der Waals surface area contributed by atoms with E-state index in [1.807, 2.05) is 6.92 Å². The SMILES string of the molecule is Cc1ccc(N2C(=O)C(O)=C(C(=O)C(C)(C)C)C2c2ccco2)cc1Cl. The predicted molar refractivity (Wildman–Crippen MR) is 99.2 cm³/mol. The summed E-state index contributed by atoms with van der Waals surface area (Å²) >= 11 is 6.22. The van der Waals surface area contributed by atoms with E-state index >= 15 is 0 Å². The number of ketones is 1. The number of rotatable bonds is 3. The van der Waals surface area contributed by atoms with Crippen LogP contribution < -0.4 is 4.90 Å². The summed E-state index contributed by atoms with van der Waals surface area (Å²) in [5, 5.41) is 11.0. The molecule has 0 saturated carbocycles. The Labute approximate surface area is 156 Å². The molecule has 1 aliphatic heterocycles. The number of hydrogen-bond acceptors (Lipinski definition) is 4. The highest BCUT2D eigenvalue weighted by Gasteiger charge is 2.47. The number of nitrogens with zero attached hydrogens (tertiary/aromatic N) is 1. The summed E-state index contributed by atoms with van der Waals surface area (Å²) in [6.45, 7) is 7.08. The number of Topliss-reactive ketones (excluding diaryl/α,β-unsaturated/α-hetero) is 1. The minimum absolute atomic E-state index is 0.0362. The van der Waals surface area contributed by atoms with Gasteiger partial charge in [0.05, 0.1) is 11.8 Å². The van der Waals surface area contributed by atoms with Crippen molar-refractivity contribution in [2.75, 3.05) is 4.90 Å². The zero-order valence-corrected chi connectivity index (χ0v) is 15.8. The lowest BCUT2D eigenvalue weighted by atomic mass is 9.83. The van der Waals surface area contributed by atoms with E-state index in [1.54, 1.807) is 51.1 Å². The molecule has 0 bridgehead atoms. The van der Waals surface area contributed by atoms with Crippen molar-refractivity contribution < 1.29 is 19.1 Å². The number of aliphatic hydroxyl groups is 1. The molecule has 0 aliphatic carbocycles. The summed E-state index contributed by atoms with van der Waals surface area (Å²) < 4.78 is 5.49. The Kier molecular flexibility index (Phi) is 4.44. The lowest BCUT2D eigenvalue weighted by Crippen LogP contribution is -2.32. The number of hydrogen-bond donors (Lipinski definition) is 1. The molecule has 136 valence electrons. The van der Waals surface area contributed by atoms with Crippen LogP contribution in [-0.2, 0) is 9.59 Å². The first kappa shape index (κ1) is 18.3. The lowest BCUT2D eigenvalue weighted by molar-refractivity contribution is -0.123. The summed E-state index contributed by atoms with van der Waals surface area (Å²) in [4.78, 5) is 27.1. The Morgan fingerprint density at radius 2 is 1.96 bits per heavy atom. The van der Waals surface area contributed by atoms with E-state index < -0.39 is 23.1 Å². The van der Waals surface area contributed by atoms with Crippen molar-refractivity contribution in [2.45, 2.75) is 33.7 Å². The molecule has 1 amide bonds. The third-order valence-electron chi connectivity index (χ3n) is 4.38. The quantitative estimate of drug-likeness (QED) is 0.842. The van der Waals surface area contributed by atoms with Crippen LogP contribution in [0.15, 0.2) is 52.3 Å². The van der Waals surface area contributed by atoms with Gasteiger partial charge in [-0.1, -0.05) is 38.4 Å². The van der Waals surface area contributed by atoms with Crippen molar-refractivity contribution in [2.24, 2.45) is 5.41 Å². The van der Waals surface area contributed by atoms with Crippen LogP contribution >= 0.6 is 11.6 Å². The van der Waals surface area contributed by atoms with Gasteiger partial charge in [0.1, 0.15) is 11.8 Å². The van der Waals surface area contributed by atoms with Gasteiger partial charge in [-0.2, -0.15) is 0 Å². The topological polar surface area (TPSA) is 70.8 Å². The number of carbonyl (C=O) groups excluding carboxylic acids is 2. The molecule has 1 aromatic heterocycles. The lowest BCUT2D eigenvalue weighted by Gasteiger charge is -2.27. The van der Waals surface area contributed by atoms with Crippen LogP contribution in [0.5, 0.6) is 0 Å². The molecule has 6 heteroatoms. The summed E-state index contributed by atoms with van der Waals surface area (Å²) in [5.41, 5.74) is 0.610. The van der Waals surface area contributed by atoms with Crippen LogP contribution in [0.1, 0.15) is 38.1 Å². The van der Waals surface area contributed by atoms with Gasteiger partial charge in [0, 0.05) is 16.1 Å². The first-order valence-corrected chi connectivity index (χ1v) is 8.61. The van der Waals surface area contributed by atoms with E-state index in [0.717, 1.165) is 5.56 Å². The van der Waals surface area contributed by atoms with E-state index in [2.05, 4.69) is 0 Å². The van der Waals surface area contributed by atoms with Gasteiger partial charge >= 0.3 is 0 Å². The minimum Gasteiger partial charge on any atom is -0.503 e. The third-order valence-corrected chi connectivity index (χ3v) is 4.79. The van der Waals surface area contributed by atoms with E-state index in [-0.39, 0.29) is 11.4 Å². The molecule has 0 fully saturated rings. The molecule has 1 unspecified atom stereocenters. The van der Waals surface area contributed by atoms with Gasteiger partial charge in [-0.05, 0) is 36.8 Å². The second-order valence-electron chi connectivity index (χ2n) is 7.37. The summed E-state index contributed by atoms with van der Waals surface area (Å²) in [5.74, 6) is -1.13. The Morgan fingerprint density at radius 3 is 2.50 bits per heavy atom. The Bertz CT molecular complexity index is 906. The zero-order chi connectivity index (χ0) is 19.2. The van der Waals surface area contributed by atoms with Crippen molar-refractivity contribution in [3.8, 4) is 0 Å². The summed E-state index contributed by atoms with van der Waals surface area (Å²) in [6, 6.07) is 7.66. The van der Waals surface area contributed by atoms with Gasteiger partial charge in [0.25, 0.3) is 5.91 Å². The van der Waals surface area contributed by atoms with E-state index in [0.29, 0.717) is 16.5 Å². The van der Waals surface area contributed by atoms with Crippen molar-refractivity contribution in [3.05, 3.63) is 64.3 Å². The molecule has 3 rings (SSSR count). The average Bonchev–Trinajstić information content (AvgIpc) is 3.17. The maximum Gasteiger partial charge on any atom is 0.294 e. The Morgan fingerprint density at radius 1 is 1.27 bits per heavy atom. The number of aryl methyl sites for hydroxylation is 1. The van der Waals surface area contributed by atoms with Crippen LogP contribution in [0.4, 0.5) is 5.69 Å². The Balaban J connectivity index is 2.18. The minimum atomic E-state index is -0.844. The number of carbonyl (C=O) groups is 2. The van der Waals surface area contributed by atoms with E-state index in [4.69, 9.17) is 16.0 Å². The predicted octanol–water partition coefficient (Wildman–Crippen LogP) is 4.76. The molecule has 26 heavy (non-hydrogen) atoms. The van der Waals surface area contributed by atoms with Crippen molar-refractivity contribution in [3.63, 3.8) is 0 Å². The maximum atomic E-state index is 13.0. The first-order chi connectivity index (χ1) is 12.1. The molecule has 1 aromatic carbocycles. The number of amides is 1. The van der Waals surface area contributed by atoms with Crippen LogP contribution in [0.25, 0.3) is 0 Å². The fraction of sp³-hybridized carbons (Fsp3) is 0.300. The molecular weight excluding hydrogens is 354 g/mol. The second-order valence-corrected chi connectivity index (χ2v) is 7.78. The van der Waals surface area contributed by atoms with E-state index in [9.17, 15) is 14.7 Å². The Hall–Kier alpha value is -2.53. The molecule has 5 nitrogen and oxygen atoms in total.